The molecule has 1 aliphatic heterocycles. The minimum Gasteiger partial charge on any atom is -0.490 e. The average Bonchev–Trinajstić information content (AvgIpc) is 3.23. The van der Waals surface area contributed by atoms with Crippen LogP contribution >= 0.6 is 11.3 Å². The Bertz CT molecular complexity index is 995. The van der Waals surface area contributed by atoms with Crippen LogP contribution in [0.4, 0.5) is 5.13 Å². The Morgan fingerprint density at radius 2 is 1.84 bits per heavy atom. The van der Waals surface area contributed by atoms with E-state index in [-0.39, 0.29) is 5.91 Å². The van der Waals surface area contributed by atoms with E-state index in [4.69, 9.17) is 14.5 Å². The molecule has 31 heavy (non-hydrogen) atoms. The first-order valence-electron chi connectivity index (χ1n) is 11.0. The SMILES string of the molecule is CCOc1ccc(C(=O)NCC2CCN(c3nc4ccccc4s3)CC2)cc1OCC. The smallest absolute Gasteiger partial charge is 0.251 e. The molecule has 1 N–H and O–H groups in total. The minimum atomic E-state index is -0.0717. The zero-order valence-corrected chi connectivity index (χ0v) is 18.9. The summed E-state index contributed by atoms with van der Waals surface area (Å²) in [5.41, 5.74) is 1.66. The van der Waals surface area contributed by atoms with Gasteiger partial charge in [-0.3, -0.25) is 4.79 Å². The van der Waals surface area contributed by atoms with Gasteiger partial charge < -0.3 is 19.7 Å². The molecular formula is C24H29N3O3S. The molecule has 2 heterocycles. The summed E-state index contributed by atoms with van der Waals surface area (Å²) in [5, 5.41) is 4.20. The van der Waals surface area contributed by atoms with Gasteiger partial charge in [0.2, 0.25) is 0 Å². The second-order valence-electron chi connectivity index (χ2n) is 7.63. The number of carbonyl (C=O) groups excluding carboxylic acids is 1. The van der Waals surface area contributed by atoms with E-state index >= 15 is 0 Å². The highest BCUT2D eigenvalue weighted by Gasteiger charge is 2.22. The largest absolute Gasteiger partial charge is 0.490 e. The first-order chi connectivity index (χ1) is 15.2. The number of carbonyl (C=O) groups is 1. The maximum atomic E-state index is 12.7. The fourth-order valence-corrected chi connectivity index (χ4v) is 4.87. The number of piperidine rings is 1. The van der Waals surface area contributed by atoms with Crippen LogP contribution in [0.5, 0.6) is 11.5 Å². The van der Waals surface area contributed by atoms with Crippen molar-refractivity contribution in [3.05, 3.63) is 48.0 Å². The van der Waals surface area contributed by atoms with Crippen LogP contribution in [-0.2, 0) is 0 Å². The van der Waals surface area contributed by atoms with E-state index in [2.05, 4.69) is 28.4 Å². The van der Waals surface area contributed by atoms with Gasteiger partial charge in [-0.2, -0.15) is 0 Å². The standard InChI is InChI=1S/C24H29N3O3S/c1-3-29-20-10-9-18(15-21(20)30-4-2)23(28)25-16-17-11-13-27(14-12-17)24-26-19-7-5-6-8-22(19)31-24/h5-10,15,17H,3-4,11-14,16H2,1-2H3,(H,25,28). The fourth-order valence-electron chi connectivity index (χ4n) is 3.86. The first-order valence-corrected chi connectivity index (χ1v) is 11.8. The second-order valence-corrected chi connectivity index (χ2v) is 8.64. The zero-order valence-electron chi connectivity index (χ0n) is 18.1. The van der Waals surface area contributed by atoms with Gasteiger partial charge in [-0.05, 0) is 62.9 Å². The minimum absolute atomic E-state index is 0.0717. The second kappa shape index (κ2) is 10.0. The molecule has 3 aromatic rings. The van der Waals surface area contributed by atoms with Crippen molar-refractivity contribution in [1.82, 2.24) is 10.3 Å². The molecule has 1 aliphatic rings. The van der Waals surface area contributed by atoms with E-state index in [1.165, 1.54) is 4.70 Å². The number of aromatic nitrogens is 1. The van der Waals surface area contributed by atoms with Crippen molar-refractivity contribution >= 4 is 32.6 Å². The third-order valence-corrected chi connectivity index (χ3v) is 6.62. The number of nitrogens with zero attached hydrogens (tertiary/aromatic N) is 2. The molecule has 0 unspecified atom stereocenters. The molecule has 7 heteroatoms. The first kappa shape index (κ1) is 21.4. The number of benzene rings is 2. The van der Waals surface area contributed by atoms with Crippen molar-refractivity contribution < 1.29 is 14.3 Å². The van der Waals surface area contributed by atoms with E-state index in [0.29, 0.717) is 42.7 Å². The number of ether oxygens (including phenoxy) is 2. The molecule has 1 aromatic heterocycles. The van der Waals surface area contributed by atoms with E-state index in [1.807, 2.05) is 19.9 Å². The highest BCUT2D eigenvalue weighted by molar-refractivity contribution is 7.22. The number of hydrogen-bond acceptors (Lipinski definition) is 6. The summed E-state index contributed by atoms with van der Waals surface area (Å²) in [6.07, 6.45) is 2.09. The maximum absolute atomic E-state index is 12.7. The molecule has 0 spiro atoms. The summed E-state index contributed by atoms with van der Waals surface area (Å²) < 4.78 is 12.4. The molecule has 2 aromatic carbocycles. The molecule has 1 amide bonds. The maximum Gasteiger partial charge on any atom is 0.251 e. The van der Waals surface area contributed by atoms with Crippen molar-refractivity contribution in [2.24, 2.45) is 5.92 Å². The van der Waals surface area contributed by atoms with E-state index < -0.39 is 0 Å². The third-order valence-electron chi connectivity index (χ3n) is 5.52. The van der Waals surface area contributed by atoms with Crippen molar-refractivity contribution in [3.63, 3.8) is 0 Å². The van der Waals surface area contributed by atoms with Gasteiger partial charge in [0.15, 0.2) is 16.6 Å². The lowest BCUT2D eigenvalue weighted by molar-refractivity contribution is 0.0944. The average molecular weight is 440 g/mol. The van der Waals surface area contributed by atoms with Crippen molar-refractivity contribution in [2.45, 2.75) is 26.7 Å². The topological polar surface area (TPSA) is 63.7 Å². The Balaban J connectivity index is 1.30. The van der Waals surface area contributed by atoms with Crippen molar-refractivity contribution in [2.75, 3.05) is 37.7 Å². The Kier molecular flexibility index (Phi) is 6.92. The number of fused-ring (bicyclic) bond motifs is 1. The number of amides is 1. The molecule has 0 aliphatic carbocycles. The molecule has 0 saturated carbocycles. The summed E-state index contributed by atoms with van der Waals surface area (Å²) in [6.45, 7) is 7.56. The van der Waals surface area contributed by atoms with Crippen LogP contribution in [0.2, 0.25) is 0 Å². The summed E-state index contributed by atoms with van der Waals surface area (Å²) >= 11 is 1.75. The van der Waals surface area contributed by atoms with Crippen LogP contribution in [-0.4, -0.2) is 43.7 Å². The Morgan fingerprint density at radius 1 is 1.10 bits per heavy atom. The molecular weight excluding hydrogens is 410 g/mol. The Labute approximate surface area is 187 Å². The van der Waals surface area contributed by atoms with Crippen LogP contribution in [0.3, 0.4) is 0 Å². The van der Waals surface area contributed by atoms with Crippen LogP contribution in [0.15, 0.2) is 42.5 Å². The molecule has 1 saturated heterocycles. The lowest BCUT2D eigenvalue weighted by Gasteiger charge is -2.31. The summed E-state index contributed by atoms with van der Waals surface area (Å²) in [7, 11) is 0. The molecule has 0 bridgehead atoms. The van der Waals surface area contributed by atoms with Crippen LogP contribution in [0.25, 0.3) is 10.2 Å². The number of hydrogen-bond donors (Lipinski definition) is 1. The molecule has 1 fully saturated rings. The number of nitrogens with one attached hydrogen (secondary N) is 1. The van der Waals surface area contributed by atoms with Gasteiger partial charge in [0.25, 0.3) is 5.91 Å². The fraction of sp³-hybridized carbons (Fsp3) is 0.417. The van der Waals surface area contributed by atoms with Crippen molar-refractivity contribution in [1.29, 1.82) is 0 Å². The molecule has 0 radical (unpaired) electrons. The third kappa shape index (κ3) is 5.10. The van der Waals surface area contributed by atoms with E-state index in [9.17, 15) is 4.79 Å². The quantitative estimate of drug-likeness (QED) is 0.549. The number of para-hydroxylation sites is 1. The Morgan fingerprint density at radius 3 is 2.58 bits per heavy atom. The van der Waals surface area contributed by atoms with Crippen LogP contribution in [0, 0.1) is 5.92 Å². The van der Waals surface area contributed by atoms with E-state index in [1.54, 1.807) is 29.5 Å². The summed E-state index contributed by atoms with van der Waals surface area (Å²) in [6, 6.07) is 13.6. The monoisotopic (exact) mass is 439 g/mol. The lowest BCUT2D eigenvalue weighted by Crippen LogP contribution is -2.38. The zero-order chi connectivity index (χ0) is 21.6. The highest BCUT2D eigenvalue weighted by Crippen LogP contribution is 2.31. The van der Waals surface area contributed by atoms with Gasteiger partial charge >= 0.3 is 0 Å². The summed E-state index contributed by atoms with van der Waals surface area (Å²) in [4.78, 5) is 19.8. The Hall–Kier alpha value is -2.80. The van der Waals surface area contributed by atoms with Gasteiger partial charge in [-0.15, -0.1) is 0 Å². The van der Waals surface area contributed by atoms with Gasteiger partial charge in [0.1, 0.15) is 0 Å². The van der Waals surface area contributed by atoms with E-state index in [0.717, 1.165) is 36.6 Å². The van der Waals surface area contributed by atoms with Crippen LogP contribution in [0.1, 0.15) is 37.0 Å². The molecule has 6 nitrogen and oxygen atoms in total. The molecule has 164 valence electrons. The van der Waals surface area contributed by atoms with Crippen LogP contribution < -0.4 is 19.7 Å². The highest BCUT2D eigenvalue weighted by atomic mass is 32.1. The number of thiazole rings is 1. The summed E-state index contributed by atoms with van der Waals surface area (Å²) in [5.74, 6) is 1.69. The predicted octanol–water partition coefficient (Wildman–Crippen LogP) is 4.74. The molecule has 4 rings (SSSR count). The normalized spacial score (nSPS) is 14.6. The number of anilines is 1. The van der Waals surface area contributed by atoms with Gasteiger partial charge in [0, 0.05) is 25.2 Å². The molecule has 0 atom stereocenters. The predicted molar refractivity (Wildman–Crippen MR) is 126 cm³/mol. The van der Waals surface area contributed by atoms with Crippen molar-refractivity contribution in [3.8, 4) is 11.5 Å². The lowest BCUT2D eigenvalue weighted by atomic mass is 9.97. The van der Waals surface area contributed by atoms with Gasteiger partial charge in [0.05, 0.1) is 23.4 Å². The number of rotatable bonds is 8. The van der Waals surface area contributed by atoms with Gasteiger partial charge in [-0.25, -0.2) is 4.98 Å². The van der Waals surface area contributed by atoms with Gasteiger partial charge in [-0.1, -0.05) is 23.5 Å².